The molecule has 2 aliphatic carbocycles. The summed E-state index contributed by atoms with van der Waals surface area (Å²) >= 11 is 0. The maximum Gasteiger partial charge on any atom is 0.136 e. The predicted octanol–water partition coefficient (Wildman–Crippen LogP) is 5.28. The second-order valence-corrected chi connectivity index (χ2v) is 11.5. The average Bonchev–Trinajstić information content (AvgIpc) is 3.59. The summed E-state index contributed by atoms with van der Waals surface area (Å²) in [6.45, 7) is 2.03. The second-order valence-electron chi connectivity index (χ2n) is 11.5. The van der Waals surface area contributed by atoms with Crippen molar-refractivity contribution in [2.75, 3.05) is 7.11 Å². The number of pyridine rings is 1. The van der Waals surface area contributed by atoms with E-state index in [-0.39, 0.29) is 29.1 Å². The first-order chi connectivity index (χ1) is 19.3. The fraction of sp³-hybridized carbons (Fsp3) is 0.452. The summed E-state index contributed by atoms with van der Waals surface area (Å²) in [5.41, 5.74) is 9.01. The largest absolute Gasteiger partial charge is 0.391 e. The Bertz CT molecular complexity index is 1500. The van der Waals surface area contributed by atoms with Crippen LogP contribution in [0, 0.1) is 17.6 Å². The zero-order chi connectivity index (χ0) is 28.0. The van der Waals surface area contributed by atoms with Gasteiger partial charge in [-0.25, -0.2) is 18.3 Å². The fourth-order valence-electron chi connectivity index (χ4n) is 6.81. The van der Waals surface area contributed by atoms with Crippen LogP contribution in [0.15, 0.2) is 48.9 Å². The zero-order valence-electron chi connectivity index (χ0n) is 22.9. The van der Waals surface area contributed by atoms with Crippen LogP contribution in [0.4, 0.5) is 8.78 Å². The normalized spacial score (nSPS) is 24.6. The SMILES string of the molecule is COC1(c2cc(F)c(-c3ccc4cnc(Cc5cnccc5[C@H]5C[C@@H](N)[C@@H](O)[C@@H](C)C5)n4n3)c(F)c2)CCCC1. The van der Waals surface area contributed by atoms with Crippen LogP contribution in [0.25, 0.3) is 16.8 Å². The molecular weight excluding hydrogens is 512 g/mol. The smallest absolute Gasteiger partial charge is 0.136 e. The van der Waals surface area contributed by atoms with E-state index in [4.69, 9.17) is 10.5 Å². The van der Waals surface area contributed by atoms with Crippen LogP contribution in [-0.2, 0) is 16.8 Å². The van der Waals surface area contributed by atoms with Gasteiger partial charge in [0.1, 0.15) is 17.5 Å². The number of aliphatic hydroxyl groups is 1. The molecule has 210 valence electrons. The molecule has 3 heterocycles. The maximum atomic E-state index is 15.5. The van der Waals surface area contributed by atoms with Crippen molar-refractivity contribution in [2.24, 2.45) is 11.7 Å². The Labute approximate surface area is 232 Å². The molecule has 3 N–H and O–H groups in total. The molecule has 1 aromatic carbocycles. The van der Waals surface area contributed by atoms with Gasteiger partial charge in [0.25, 0.3) is 0 Å². The van der Waals surface area contributed by atoms with Crippen molar-refractivity contribution in [2.45, 2.75) is 75.5 Å². The van der Waals surface area contributed by atoms with Gasteiger partial charge in [-0.1, -0.05) is 19.8 Å². The lowest BCUT2D eigenvalue weighted by Gasteiger charge is -2.36. The van der Waals surface area contributed by atoms with E-state index < -0.39 is 23.3 Å². The summed E-state index contributed by atoms with van der Waals surface area (Å²) in [4.78, 5) is 8.94. The minimum Gasteiger partial charge on any atom is -0.391 e. The third-order valence-corrected chi connectivity index (χ3v) is 9.05. The van der Waals surface area contributed by atoms with Crippen LogP contribution in [0.1, 0.15) is 73.9 Å². The zero-order valence-corrected chi connectivity index (χ0v) is 22.9. The van der Waals surface area contributed by atoms with Gasteiger partial charge in [0.2, 0.25) is 0 Å². The van der Waals surface area contributed by atoms with E-state index in [9.17, 15) is 5.11 Å². The number of nitrogens with two attached hydrogens (primary N) is 1. The first-order valence-corrected chi connectivity index (χ1v) is 14.0. The van der Waals surface area contributed by atoms with Crippen LogP contribution in [0.3, 0.4) is 0 Å². The molecule has 2 saturated carbocycles. The van der Waals surface area contributed by atoms with Gasteiger partial charge in [0.15, 0.2) is 0 Å². The van der Waals surface area contributed by atoms with Gasteiger partial charge in [-0.3, -0.25) is 4.98 Å². The Kier molecular flexibility index (Phi) is 7.14. The van der Waals surface area contributed by atoms with Gasteiger partial charge in [-0.15, -0.1) is 0 Å². The summed E-state index contributed by atoms with van der Waals surface area (Å²) < 4.78 is 38.4. The number of nitrogens with zero attached hydrogens (tertiary/aromatic N) is 4. The maximum absolute atomic E-state index is 15.5. The lowest BCUT2D eigenvalue weighted by molar-refractivity contribution is -0.00914. The molecule has 2 aliphatic rings. The molecule has 0 spiro atoms. The quantitative estimate of drug-likeness (QED) is 0.341. The van der Waals surface area contributed by atoms with Gasteiger partial charge in [-0.2, -0.15) is 5.10 Å². The number of hydrogen-bond donors (Lipinski definition) is 2. The van der Waals surface area contributed by atoms with Crippen LogP contribution >= 0.6 is 0 Å². The highest BCUT2D eigenvalue weighted by molar-refractivity contribution is 5.63. The molecule has 0 aliphatic heterocycles. The molecule has 9 heteroatoms. The van der Waals surface area contributed by atoms with Crippen molar-refractivity contribution in [1.29, 1.82) is 0 Å². The standard InChI is InChI=1S/C31H35F2N5O2/c1-18-11-19(12-26(34)30(18)39)23-7-10-35-16-20(23)13-28-36-17-22-5-6-27(37-38(22)28)29-24(32)14-21(15-25(29)33)31(40-2)8-3-4-9-31/h5-7,10,14-19,26,30,39H,3-4,8-9,11-13,34H2,1-2H3/t18-,19+,26+,30-/m0/s1. The Balaban J connectivity index is 1.34. The number of imidazole rings is 1. The number of fused-ring (bicyclic) bond motifs is 1. The number of ether oxygens (including phenoxy) is 1. The van der Waals surface area contributed by atoms with Crippen molar-refractivity contribution in [3.8, 4) is 11.3 Å². The second kappa shape index (κ2) is 10.6. The summed E-state index contributed by atoms with van der Waals surface area (Å²) in [6, 6.07) is 7.90. The molecule has 2 fully saturated rings. The van der Waals surface area contributed by atoms with E-state index in [1.165, 1.54) is 12.1 Å². The molecule has 0 unspecified atom stereocenters. The van der Waals surface area contributed by atoms with E-state index in [0.717, 1.165) is 48.7 Å². The molecule has 7 nitrogen and oxygen atoms in total. The summed E-state index contributed by atoms with van der Waals surface area (Å²) in [7, 11) is 1.60. The lowest BCUT2D eigenvalue weighted by atomic mass is 9.74. The Morgan fingerprint density at radius 1 is 1.10 bits per heavy atom. The van der Waals surface area contributed by atoms with Gasteiger partial charge in [-0.05, 0) is 84.5 Å². The van der Waals surface area contributed by atoms with E-state index in [0.29, 0.717) is 24.2 Å². The summed E-state index contributed by atoms with van der Waals surface area (Å²) in [5, 5.41) is 15.0. The van der Waals surface area contributed by atoms with Gasteiger partial charge in [0.05, 0.1) is 34.7 Å². The first kappa shape index (κ1) is 26.9. The van der Waals surface area contributed by atoms with E-state index in [1.54, 1.807) is 36.2 Å². The van der Waals surface area contributed by atoms with Crippen molar-refractivity contribution in [1.82, 2.24) is 19.6 Å². The molecule has 6 rings (SSSR count). The lowest BCUT2D eigenvalue weighted by Crippen LogP contribution is -2.44. The minimum atomic E-state index is -0.661. The molecule has 0 saturated heterocycles. The number of methoxy groups -OCH3 is 1. The number of rotatable bonds is 6. The van der Waals surface area contributed by atoms with Gasteiger partial charge >= 0.3 is 0 Å². The highest BCUT2D eigenvalue weighted by Gasteiger charge is 2.37. The van der Waals surface area contributed by atoms with Crippen LogP contribution in [0.5, 0.6) is 0 Å². The summed E-state index contributed by atoms with van der Waals surface area (Å²) in [5.74, 6) is -0.397. The van der Waals surface area contributed by atoms with Crippen LogP contribution in [-0.4, -0.2) is 43.9 Å². The van der Waals surface area contributed by atoms with Crippen LogP contribution < -0.4 is 5.73 Å². The van der Waals surface area contributed by atoms with Crippen molar-refractivity contribution < 1.29 is 18.6 Å². The molecule has 40 heavy (non-hydrogen) atoms. The summed E-state index contributed by atoms with van der Waals surface area (Å²) in [6.07, 6.45) is 10.2. The number of benzene rings is 1. The van der Waals surface area contributed by atoms with E-state index >= 15 is 8.78 Å². The highest BCUT2D eigenvalue weighted by Crippen LogP contribution is 2.43. The number of aliphatic hydroxyl groups excluding tert-OH is 1. The van der Waals surface area contributed by atoms with Crippen molar-refractivity contribution in [3.63, 3.8) is 0 Å². The van der Waals surface area contributed by atoms with E-state index in [2.05, 4.69) is 15.1 Å². The molecule has 4 atom stereocenters. The van der Waals surface area contributed by atoms with Crippen LogP contribution in [0.2, 0.25) is 0 Å². The molecule has 0 bridgehead atoms. The van der Waals surface area contributed by atoms with Crippen molar-refractivity contribution in [3.05, 3.63) is 83.1 Å². The average molecular weight is 548 g/mol. The number of halogens is 2. The highest BCUT2D eigenvalue weighted by atomic mass is 19.1. The Morgan fingerprint density at radius 3 is 2.55 bits per heavy atom. The third-order valence-electron chi connectivity index (χ3n) is 9.05. The fourth-order valence-corrected chi connectivity index (χ4v) is 6.81. The van der Waals surface area contributed by atoms with Crippen molar-refractivity contribution >= 4 is 5.52 Å². The number of aromatic nitrogens is 4. The predicted molar refractivity (Wildman–Crippen MR) is 148 cm³/mol. The van der Waals surface area contributed by atoms with Gasteiger partial charge < -0.3 is 15.6 Å². The molecule has 4 aromatic rings. The third kappa shape index (κ3) is 4.70. The first-order valence-electron chi connectivity index (χ1n) is 14.0. The topological polar surface area (TPSA) is 98.6 Å². The molecule has 0 amide bonds. The van der Waals surface area contributed by atoms with Gasteiger partial charge in [0, 0.05) is 32.0 Å². The molecule has 0 radical (unpaired) electrons. The monoisotopic (exact) mass is 547 g/mol. The molecule has 3 aromatic heterocycles. The minimum absolute atomic E-state index is 0.0925. The Morgan fingerprint density at radius 2 is 1.85 bits per heavy atom. The van der Waals surface area contributed by atoms with E-state index in [1.807, 2.05) is 19.2 Å². The number of hydrogen-bond acceptors (Lipinski definition) is 6. The molecular formula is C31H35F2N5O2. The Hall–Kier alpha value is -3.27.